The van der Waals surface area contributed by atoms with Gasteiger partial charge in [0.15, 0.2) is 8.32 Å². The van der Waals surface area contributed by atoms with Crippen LogP contribution in [0.5, 0.6) is 0 Å². The molecule has 2 nitrogen and oxygen atoms in total. The Morgan fingerprint density at radius 1 is 0.760 bits per heavy atom. The van der Waals surface area contributed by atoms with Gasteiger partial charge in [-0.3, -0.25) is 0 Å². The summed E-state index contributed by atoms with van der Waals surface area (Å²) in [6.45, 7) is 20.9. The average Bonchev–Trinajstić information content (AvgIpc) is 2.64. The molecule has 0 rings (SSSR count). The standard InChI is InChI=1S/C19H47NOSSi3/c1-10-24(11-2,12-3)20(25(13-4,14-5)15-6)17-16-18-22-19-23(8,9)21-7/h10-19H2,1-9H3. The van der Waals surface area contributed by atoms with E-state index >= 15 is 0 Å². The molecule has 0 aliphatic rings. The van der Waals surface area contributed by atoms with Gasteiger partial charge >= 0.3 is 0 Å². The van der Waals surface area contributed by atoms with E-state index in [1.807, 2.05) is 7.11 Å². The molecule has 0 atom stereocenters. The molecule has 25 heavy (non-hydrogen) atoms. The number of hydrogen-bond donors (Lipinski definition) is 0. The van der Waals surface area contributed by atoms with Gasteiger partial charge in [-0.1, -0.05) is 41.5 Å². The topological polar surface area (TPSA) is 12.5 Å². The molecule has 0 aliphatic carbocycles. The lowest BCUT2D eigenvalue weighted by molar-refractivity contribution is 0.410. The first kappa shape index (κ1) is 25.9. The molecule has 0 aromatic heterocycles. The summed E-state index contributed by atoms with van der Waals surface area (Å²) >= 11 is 2.13. The van der Waals surface area contributed by atoms with Crippen molar-refractivity contribution in [1.82, 2.24) is 4.23 Å². The van der Waals surface area contributed by atoms with E-state index in [0.29, 0.717) is 0 Å². The van der Waals surface area contributed by atoms with Gasteiger partial charge in [-0.25, -0.2) is 0 Å². The highest BCUT2D eigenvalue weighted by atomic mass is 32.2. The molecule has 0 heterocycles. The lowest BCUT2D eigenvalue weighted by Gasteiger charge is -2.52. The van der Waals surface area contributed by atoms with Crippen molar-refractivity contribution in [3.8, 4) is 0 Å². The Kier molecular flexibility index (Phi) is 12.8. The molecular weight excluding hydrogens is 375 g/mol. The Labute approximate surface area is 167 Å². The number of rotatable bonds is 15. The van der Waals surface area contributed by atoms with Crippen molar-refractivity contribution in [1.29, 1.82) is 0 Å². The van der Waals surface area contributed by atoms with Crippen molar-refractivity contribution in [3.63, 3.8) is 0 Å². The maximum Gasteiger partial charge on any atom is 0.195 e. The van der Waals surface area contributed by atoms with Crippen LogP contribution in [0.25, 0.3) is 0 Å². The largest absolute Gasteiger partial charge is 0.420 e. The smallest absolute Gasteiger partial charge is 0.195 e. The number of thioether (sulfide) groups is 1. The Morgan fingerprint density at radius 3 is 1.48 bits per heavy atom. The van der Waals surface area contributed by atoms with Gasteiger partial charge in [0.2, 0.25) is 0 Å². The van der Waals surface area contributed by atoms with Crippen LogP contribution in [0.2, 0.25) is 49.4 Å². The predicted octanol–water partition coefficient (Wildman–Crippen LogP) is 6.81. The highest BCUT2D eigenvalue weighted by Crippen LogP contribution is 2.36. The van der Waals surface area contributed by atoms with Crippen LogP contribution in [0.15, 0.2) is 0 Å². The third-order valence-corrected chi connectivity index (χ3v) is 25.5. The second-order valence-corrected chi connectivity index (χ2v) is 24.7. The van der Waals surface area contributed by atoms with Crippen molar-refractivity contribution < 1.29 is 4.43 Å². The minimum Gasteiger partial charge on any atom is -0.420 e. The van der Waals surface area contributed by atoms with Gasteiger partial charge in [0.1, 0.15) is 16.5 Å². The normalized spacial score (nSPS) is 13.7. The van der Waals surface area contributed by atoms with Gasteiger partial charge in [-0.05, 0) is 68.1 Å². The zero-order chi connectivity index (χ0) is 19.6. The van der Waals surface area contributed by atoms with E-state index in [4.69, 9.17) is 4.43 Å². The van der Waals surface area contributed by atoms with E-state index in [1.165, 1.54) is 60.4 Å². The summed E-state index contributed by atoms with van der Waals surface area (Å²) in [5.41, 5.74) is 0. The molecule has 0 aromatic carbocycles. The van der Waals surface area contributed by atoms with E-state index < -0.39 is 24.8 Å². The molecule has 6 heteroatoms. The first-order valence-corrected chi connectivity index (χ1v) is 20.1. The van der Waals surface area contributed by atoms with Crippen LogP contribution >= 0.6 is 11.8 Å². The first-order chi connectivity index (χ1) is 11.8. The minimum atomic E-state index is -1.40. The van der Waals surface area contributed by atoms with Gasteiger partial charge in [0, 0.05) is 12.5 Å². The predicted molar refractivity (Wildman–Crippen MR) is 128 cm³/mol. The van der Waals surface area contributed by atoms with Crippen LogP contribution < -0.4 is 0 Å². The zero-order valence-corrected chi connectivity index (χ0v) is 22.7. The fourth-order valence-corrected chi connectivity index (χ4v) is 21.1. The molecule has 0 saturated carbocycles. The van der Waals surface area contributed by atoms with Crippen molar-refractivity contribution in [2.75, 3.05) is 24.8 Å². The Hall–Kier alpha value is 0.921. The fraction of sp³-hybridized carbons (Fsp3) is 1.00. The average molecular weight is 422 g/mol. The SMILES string of the molecule is CC[Si](CC)(CC)N(CCCSC[Si](C)(C)OC)[Si](CC)(CC)CC. The van der Waals surface area contributed by atoms with Crippen molar-refractivity contribution in [2.24, 2.45) is 0 Å². The van der Waals surface area contributed by atoms with Gasteiger partial charge in [-0.2, -0.15) is 11.8 Å². The monoisotopic (exact) mass is 421 g/mol. The maximum atomic E-state index is 5.70. The molecule has 0 fully saturated rings. The quantitative estimate of drug-likeness (QED) is 0.213. The van der Waals surface area contributed by atoms with Crippen molar-refractivity contribution in [3.05, 3.63) is 0 Å². The van der Waals surface area contributed by atoms with E-state index in [9.17, 15) is 0 Å². The molecule has 0 unspecified atom stereocenters. The molecule has 152 valence electrons. The van der Waals surface area contributed by atoms with E-state index in [0.717, 1.165) is 0 Å². The Bertz CT molecular complexity index is 311. The fourth-order valence-electron chi connectivity index (χ4n) is 4.32. The van der Waals surface area contributed by atoms with E-state index in [2.05, 4.69) is 70.6 Å². The zero-order valence-electron chi connectivity index (χ0n) is 18.8. The van der Waals surface area contributed by atoms with E-state index in [1.54, 1.807) is 0 Å². The summed E-state index contributed by atoms with van der Waals surface area (Å²) in [5, 5.41) is 1.24. The Morgan fingerprint density at radius 2 is 1.16 bits per heavy atom. The lowest BCUT2D eigenvalue weighted by atomic mass is 10.5. The van der Waals surface area contributed by atoms with Crippen LogP contribution in [0.4, 0.5) is 0 Å². The van der Waals surface area contributed by atoms with Crippen molar-refractivity contribution >= 4 is 36.6 Å². The maximum absolute atomic E-state index is 5.70. The minimum absolute atomic E-state index is 1.24. The number of nitrogens with zero attached hydrogens (tertiary/aromatic N) is 1. The summed E-state index contributed by atoms with van der Waals surface area (Å²) in [7, 11) is -2.07. The van der Waals surface area contributed by atoms with E-state index in [-0.39, 0.29) is 0 Å². The molecular formula is C19H47NOSSi3. The molecule has 0 amide bonds. The lowest BCUT2D eigenvalue weighted by Crippen LogP contribution is -2.66. The molecule has 0 spiro atoms. The Balaban J connectivity index is 5.10. The summed E-state index contributed by atoms with van der Waals surface area (Å²) in [6.07, 6.45) is 1.36. The molecule has 0 bridgehead atoms. The molecule has 0 aromatic rings. The highest BCUT2D eigenvalue weighted by Gasteiger charge is 2.45. The molecule has 0 saturated heterocycles. The second-order valence-electron chi connectivity index (χ2n) is 8.09. The third-order valence-electron chi connectivity index (χ3n) is 6.77. The van der Waals surface area contributed by atoms with Gasteiger partial charge in [0.05, 0.1) is 0 Å². The van der Waals surface area contributed by atoms with Crippen LogP contribution in [-0.4, -0.2) is 53.8 Å². The van der Waals surface area contributed by atoms with Gasteiger partial charge in [0.25, 0.3) is 0 Å². The van der Waals surface area contributed by atoms with Crippen LogP contribution in [0.3, 0.4) is 0 Å². The summed E-state index contributed by atoms with van der Waals surface area (Å²) < 4.78 is 8.92. The molecule has 0 N–H and O–H groups in total. The van der Waals surface area contributed by atoms with Gasteiger partial charge in [-0.15, -0.1) is 0 Å². The summed E-state index contributed by atoms with van der Waals surface area (Å²) in [6, 6.07) is 8.62. The van der Waals surface area contributed by atoms with Gasteiger partial charge < -0.3 is 8.66 Å². The molecule has 0 radical (unpaired) electrons. The third kappa shape index (κ3) is 7.11. The number of hydrogen-bond acceptors (Lipinski definition) is 3. The van der Waals surface area contributed by atoms with Crippen LogP contribution in [-0.2, 0) is 4.43 Å². The van der Waals surface area contributed by atoms with Crippen molar-refractivity contribution in [2.45, 2.75) is 97.3 Å². The molecule has 0 aliphatic heterocycles. The van der Waals surface area contributed by atoms with Crippen LogP contribution in [0.1, 0.15) is 48.0 Å². The summed E-state index contributed by atoms with van der Waals surface area (Å²) in [4.78, 5) is 0. The van der Waals surface area contributed by atoms with Crippen LogP contribution in [0, 0.1) is 0 Å². The summed E-state index contributed by atoms with van der Waals surface area (Å²) in [5.74, 6) is 1.31. The highest BCUT2D eigenvalue weighted by molar-refractivity contribution is 8.00. The second kappa shape index (κ2) is 12.4. The first-order valence-electron chi connectivity index (χ1n) is 10.7.